The summed E-state index contributed by atoms with van der Waals surface area (Å²) in [5.41, 5.74) is 0. The van der Waals surface area contributed by atoms with Crippen LogP contribution in [0.15, 0.2) is 0 Å². The molecule has 0 nitrogen and oxygen atoms in total. The molecule has 0 unspecified atom stereocenters. The Morgan fingerprint density at radius 2 is 1.40 bits per heavy atom. The third kappa shape index (κ3) is 12.2. The summed E-state index contributed by atoms with van der Waals surface area (Å²) in [7, 11) is 0. The fourth-order valence-corrected chi connectivity index (χ4v) is 1.41. The normalized spacial score (nSPS) is 9.00. The first-order valence-corrected chi connectivity index (χ1v) is 5.50. The van der Waals surface area contributed by atoms with Crippen molar-refractivity contribution < 1.29 is 0 Å². The molecule has 0 atom stereocenters. The number of rotatable bonds is 6. The van der Waals surface area contributed by atoms with E-state index in [4.69, 9.17) is 0 Å². The van der Waals surface area contributed by atoms with E-state index in [-0.39, 0.29) is 24.0 Å². The molecular weight excluding hydrogens is 350 g/mol. The highest BCUT2D eigenvalue weighted by molar-refractivity contribution is 14.1. The van der Waals surface area contributed by atoms with Crippen molar-refractivity contribution >= 4 is 46.6 Å². The van der Waals surface area contributed by atoms with Crippen LogP contribution >= 0.6 is 46.6 Å². The first-order valence-electron chi connectivity index (χ1n) is 3.97. The van der Waals surface area contributed by atoms with Crippen LogP contribution in [0, 0.1) is 0 Å². The summed E-state index contributed by atoms with van der Waals surface area (Å²) in [5.74, 6) is 0. The van der Waals surface area contributed by atoms with Gasteiger partial charge >= 0.3 is 0 Å². The fourth-order valence-electron chi connectivity index (χ4n) is 0.875. The van der Waals surface area contributed by atoms with Gasteiger partial charge in [-0.2, -0.15) is 0 Å². The lowest BCUT2D eigenvalue weighted by molar-refractivity contribution is 0.629. The molecule has 0 rings (SSSR count). The summed E-state index contributed by atoms with van der Waals surface area (Å²) in [5, 5.41) is 0. The van der Waals surface area contributed by atoms with Crippen LogP contribution in [-0.4, -0.2) is 4.43 Å². The number of hydrogen-bond donors (Lipinski definition) is 0. The molecule has 0 spiro atoms. The highest BCUT2D eigenvalue weighted by Crippen LogP contribution is 2.05. The molecule has 10 heavy (non-hydrogen) atoms. The van der Waals surface area contributed by atoms with Crippen LogP contribution in [0.4, 0.5) is 0 Å². The zero-order valence-corrected chi connectivity index (χ0v) is 11.2. The first-order chi connectivity index (χ1) is 4.41. The number of halogens is 2. The lowest BCUT2D eigenvalue weighted by atomic mass is 10.1. The molecule has 0 N–H and O–H groups in total. The topological polar surface area (TPSA) is 0 Å². The van der Waals surface area contributed by atoms with Gasteiger partial charge in [0.15, 0.2) is 0 Å². The van der Waals surface area contributed by atoms with Crippen molar-refractivity contribution in [1.29, 1.82) is 0 Å². The Hall–Kier alpha value is 1.46. The average Bonchev–Trinajstić information content (AvgIpc) is 1.89. The van der Waals surface area contributed by atoms with Crippen molar-refractivity contribution in [2.45, 2.75) is 45.4 Å². The molecule has 0 bridgehead atoms. The molecule has 0 aromatic heterocycles. The van der Waals surface area contributed by atoms with Crippen molar-refractivity contribution in [2.24, 2.45) is 0 Å². The first kappa shape index (κ1) is 14.0. The molecule has 0 saturated carbocycles. The summed E-state index contributed by atoms with van der Waals surface area (Å²) in [4.78, 5) is 0. The monoisotopic (exact) mass is 368 g/mol. The van der Waals surface area contributed by atoms with E-state index >= 15 is 0 Å². The van der Waals surface area contributed by atoms with Crippen LogP contribution in [0.2, 0.25) is 0 Å². The second-order valence-corrected chi connectivity index (χ2v) is 3.54. The molecular formula is C8H18I2. The van der Waals surface area contributed by atoms with E-state index < -0.39 is 0 Å². The number of unbranched alkanes of at least 4 members (excludes halogenated alkanes) is 5. The molecule has 0 heterocycles. The Balaban J connectivity index is 0. The second-order valence-electron chi connectivity index (χ2n) is 2.46. The summed E-state index contributed by atoms with van der Waals surface area (Å²) in [6, 6.07) is 0. The van der Waals surface area contributed by atoms with E-state index in [0.29, 0.717) is 0 Å². The standard InChI is InChI=1S/C8H17I.HI/c1-2-3-4-5-6-7-8-9;/h2-8H2,1H3;1H. The maximum atomic E-state index is 2.45. The fraction of sp³-hybridized carbons (Fsp3) is 1.00. The van der Waals surface area contributed by atoms with Gasteiger partial charge in [-0.3, -0.25) is 0 Å². The SMILES string of the molecule is CCCCCCCCI.I. The highest BCUT2D eigenvalue weighted by Gasteiger charge is 1.86. The summed E-state index contributed by atoms with van der Waals surface area (Å²) < 4.78 is 1.34. The molecule has 0 radical (unpaired) electrons. The third-order valence-electron chi connectivity index (χ3n) is 1.49. The predicted molar refractivity (Wildman–Crippen MR) is 67.7 cm³/mol. The van der Waals surface area contributed by atoms with Gasteiger partial charge in [0, 0.05) is 0 Å². The van der Waals surface area contributed by atoms with E-state index in [2.05, 4.69) is 29.5 Å². The Kier molecular flexibility index (Phi) is 18.3. The highest BCUT2D eigenvalue weighted by atomic mass is 127. The minimum Gasteiger partial charge on any atom is -0.107 e. The van der Waals surface area contributed by atoms with Crippen LogP contribution in [-0.2, 0) is 0 Å². The molecule has 0 aliphatic rings. The smallest absolute Gasteiger partial charge is 0.000473 e. The Labute approximate surface area is 95.7 Å². The minimum atomic E-state index is 0. The molecule has 2 heteroatoms. The van der Waals surface area contributed by atoms with Crippen LogP contribution in [0.5, 0.6) is 0 Å². The van der Waals surface area contributed by atoms with Crippen molar-refractivity contribution in [3.05, 3.63) is 0 Å². The number of hydrogen-bond acceptors (Lipinski definition) is 0. The Bertz CT molecular complexity index is 40.5. The molecule has 0 aliphatic heterocycles. The lowest BCUT2D eigenvalue weighted by Crippen LogP contribution is -1.77. The van der Waals surface area contributed by atoms with Gasteiger partial charge in [-0.05, 0) is 10.8 Å². The van der Waals surface area contributed by atoms with Gasteiger partial charge in [0.2, 0.25) is 0 Å². The Morgan fingerprint density at radius 3 is 1.90 bits per heavy atom. The molecule has 0 fully saturated rings. The zero-order chi connectivity index (χ0) is 6.95. The van der Waals surface area contributed by atoms with Gasteiger partial charge in [-0.1, -0.05) is 61.6 Å². The van der Waals surface area contributed by atoms with E-state index in [0.717, 1.165) is 0 Å². The third-order valence-corrected chi connectivity index (χ3v) is 2.25. The molecule has 0 amide bonds. The van der Waals surface area contributed by atoms with Crippen LogP contribution in [0.25, 0.3) is 0 Å². The van der Waals surface area contributed by atoms with Gasteiger partial charge in [-0.25, -0.2) is 0 Å². The maximum absolute atomic E-state index is 2.45. The second kappa shape index (κ2) is 13.1. The van der Waals surface area contributed by atoms with E-state index in [1.165, 1.54) is 43.0 Å². The van der Waals surface area contributed by atoms with Gasteiger partial charge in [0.1, 0.15) is 0 Å². The van der Waals surface area contributed by atoms with Crippen molar-refractivity contribution in [1.82, 2.24) is 0 Å². The van der Waals surface area contributed by atoms with Gasteiger partial charge in [0.25, 0.3) is 0 Å². The molecule has 0 aromatic carbocycles. The summed E-state index contributed by atoms with van der Waals surface area (Å²) >= 11 is 2.45. The molecule has 0 aliphatic carbocycles. The van der Waals surface area contributed by atoms with Crippen molar-refractivity contribution in [3.8, 4) is 0 Å². The summed E-state index contributed by atoms with van der Waals surface area (Å²) in [6.07, 6.45) is 8.57. The van der Waals surface area contributed by atoms with Crippen LogP contribution < -0.4 is 0 Å². The predicted octanol–water partition coefficient (Wildman–Crippen LogP) is 4.40. The van der Waals surface area contributed by atoms with Gasteiger partial charge in [0.05, 0.1) is 0 Å². The van der Waals surface area contributed by atoms with E-state index in [1.54, 1.807) is 0 Å². The van der Waals surface area contributed by atoms with Gasteiger partial charge < -0.3 is 0 Å². The molecule has 0 saturated heterocycles. The van der Waals surface area contributed by atoms with E-state index in [1.807, 2.05) is 0 Å². The summed E-state index contributed by atoms with van der Waals surface area (Å²) in [6.45, 7) is 2.26. The average molecular weight is 368 g/mol. The van der Waals surface area contributed by atoms with Crippen LogP contribution in [0.1, 0.15) is 45.4 Å². The quantitative estimate of drug-likeness (QED) is 0.371. The minimum absolute atomic E-state index is 0. The Morgan fingerprint density at radius 1 is 0.900 bits per heavy atom. The van der Waals surface area contributed by atoms with Crippen LogP contribution in [0.3, 0.4) is 0 Å². The van der Waals surface area contributed by atoms with Crippen molar-refractivity contribution in [3.63, 3.8) is 0 Å². The molecule has 64 valence electrons. The van der Waals surface area contributed by atoms with Crippen molar-refractivity contribution in [2.75, 3.05) is 4.43 Å². The van der Waals surface area contributed by atoms with Gasteiger partial charge in [-0.15, -0.1) is 24.0 Å². The largest absolute Gasteiger partial charge is 0.107 e. The zero-order valence-electron chi connectivity index (χ0n) is 6.74. The number of alkyl halides is 1. The maximum Gasteiger partial charge on any atom is -0.000473 e. The molecule has 0 aromatic rings. The van der Waals surface area contributed by atoms with E-state index in [9.17, 15) is 0 Å². The lowest BCUT2D eigenvalue weighted by Gasteiger charge is -1.95.